The number of esters is 2. The molecular weight excluding hydrogens is 415 g/mol. The molecule has 0 bridgehead atoms. The van der Waals surface area contributed by atoms with Crippen LogP contribution in [0.1, 0.15) is 56.0 Å². The molecule has 0 saturated heterocycles. The number of rotatable bonds is 9. The normalized spacial score (nSPS) is 15.7. The number of hydrogen-bond donors (Lipinski definition) is 2. The van der Waals surface area contributed by atoms with Crippen molar-refractivity contribution >= 4 is 25.0 Å². The van der Waals surface area contributed by atoms with Crippen LogP contribution in [-0.4, -0.2) is 48.6 Å². The molecular formula is C20H26BF2NO7. The Kier molecular flexibility index (Phi) is 8.38. The Morgan fingerprint density at radius 1 is 1.26 bits per heavy atom. The highest BCUT2D eigenvalue weighted by Crippen LogP contribution is 2.31. The molecule has 1 aromatic rings. The molecule has 8 nitrogen and oxygen atoms in total. The van der Waals surface area contributed by atoms with Crippen molar-refractivity contribution in [2.24, 2.45) is 5.92 Å². The summed E-state index contributed by atoms with van der Waals surface area (Å²) in [4.78, 5) is 36.0. The van der Waals surface area contributed by atoms with Crippen LogP contribution in [-0.2, 0) is 25.5 Å². The van der Waals surface area contributed by atoms with E-state index in [1.807, 2.05) is 13.8 Å². The van der Waals surface area contributed by atoms with Crippen LogP contribution >= 0.6 is 0 Å². The van der Waals surface area contributed by atoms with Crippen molar-refractivity contribution < 1.29 is 42.3 Å². The van der Waals surface area contributed by atoms with Gasteiger partial charge in [0.15, 0.2) is 0 Å². The van der Waals surface area contributed by atoms with Gasteiger partial charge < -0.3 is 24.5 Å². The van der Waals surface area contributed by atoms with Crippen LogP contribution in [0, 0.1) is 5.92 Å². The number of alkyl halides is 2. The molecule has 0 radical (unpaired) electrons. The van der Waals surface area contributed by atoms with Gasteiger partial charge in [0.1, 0.15) is 11.3 Å². The first-order chi connectivity index (χ1) is 14.6. The number of carbonyl (C=O) groups excluding carboxylic acids is 3. The molecule has 11 heteroatoms. The number of fused-ring (bicyclic) bond motifs is 1. The van der Waals surface area contributed by atoms with Crippen LogP contribution in [0.2, 0.25) is 0 Å². The first-order valence-corrected chi connectivity index (χ1v) is 10.1. The van der Waals surface area contributed by atoms with Crippen molar-refractivity contribution in [3.8, 4) is 5.75 Å². The number of para-hydroxylation sites is 1. The summed E-state index contributed by atoms with van der Waals surface area (Å²) in [6, 6.07) is 4.48. The van der Waals surface area contributed by atoms with E-state index in [1.165, 1.54) is 19.1 Å². The first kappa shape index (κ1) is 24.6. The van der Waals surface area contributed by atoms with Crippen molar-refractivity contribution in [3.63, 3.8) is 0 Å². The molecule has 1 amide bonds. The summed E-state index contributed by atoms with van der Waals surface area (Å²) in [5.41, 5.74) is 0.387. The highest BCUT2D eigenvalue weighted by molar-refractivity contribution is 6.47. The number of carbonyl (C=O) groups is 3. The fraction of sp³-hybridized carbons (Fsp3) is 0.550. The average molecular weight is 441 g/mol. The minimum Gasteiger partial charge on any atom is -0.534 e. The Bertz CT molecular complexity index is 817. The smallest absolute Gasteiger partial charge is 0.534 e. The lowest BCUT2D eigenvalue weighted by Gasteiger charge is -2.30. The number of benzene rings is 1. The van der Waals surface area contributed by atoms with Crippen LogP contribution in [0.4, 0.5) is 8.78 Å². The van der Waals surface area contributed by atoms with Crippen molar-refractivity contribution in [2.45, 2.75) is 58.3 Å². The van der Waals surface area contributed by atoms with E-state index in [1.54, 1.807) is 6.07 Å². The van der Waals surface area contributed by atoms with Crippen molar-refractivity contribution in [2.75, 3.05) is 6.79 Å². The minimum atomic E-state index is -3.57. The zero-order valence-corrected chi connectivity index (χ0v) is 17.7. The van der Waals surface area contributed by atoms with Gasteiger partial charge in [-0.3, -0.25) is 9.59 Å². The summed E-state index contributed by atoms with van der Waals surface area (Å²) in [7, 11) is -1.65. The SMILES string of the molecule is CCC(CC)C(=O)OCOC(=O)c1cccc2c1OB(O)[C@@H](NC(=O)C(F)(F)CC)C2. The van der Waals surface area contributed by atoms with E-state index in [0.29, 0.717) is 18.4 Å². The standard InChI is InChI=1S/C20H26BF2NO7/c1-4-12(5-2)17(25)29-11-30-18(26)14-9-7-8-13-10-15(21(28)31-16(13)14)24-19(27)20(22,23)6-3/h7-9,12,15,28H,4-6,10-11H2,1-3H3,(H,24,27)/t15-/m0/s1. The molecule has 1 aromatic carbocycles. The molecule has 0 saturated carbocycles. The zero-order chi connectivity index (χ0) is 23.2. The molecule has 0 unspecified atom stereocenters. The fourth-order valence-corrected chi connectivity index (χ4v) is 3.10. The quantitative estimate of drug-likeness (QED) is 0.344. The van der Waals surface area contributed by atoms with Crippen molar-refractivity contribution in [1.82, 2.24) is 5.32 Å². The summed E-state index contributed by atoms with van der Waals surface area (Å²) in [6.07, 6.45) is 0.482. The lowest BCUT2D eigenvalue weighted by molar-refractivity contribution is -0.157. The molecule has 0 fully saturated rings. The summed E-state index contributed by atoms with van der Waals surface area (Å²) >= 11 is 0. The van der Waals surface area contributed by atoms with Gasteiger partial charge in [0.05, 0.1) is 11.9 Å². The van der Waals surface area contributed by atoms with E-state index < -0.39 is 50.0 Å². The average Bonchev–Trinajstić information content (AvgIpc) is 2.74. The van der Waals surface area contributed by atoms with Crippen LogP contribution in [0.15, 0.2) is 18.2 Å². The fourth-order valence-electron chi connectivity index (χ4n) is 3.10. The topological polar surface area (TPSA) is 111 Å². The zero-order valence-electron chi connectivity index (χ0n) is 17.7. The number of amides is 1. The molecule has 1 aliphatic heterocycles. The van der Waals surface area contributed by atoms with Crippen molar-refractivity contribution in [3.05, 3.63) is 29.3 Å². The molecule has 2 rings (SSSR count). The third kappa shape index (κ3) is 5.93. The Labute approximate surface area is 179 Å². The maximum atomic E-state index is 13.5. The monoisotopic (exact) mass is 441 g/mol. The molecule has 0 aromatic heterocycles. The van der Waals surface area contributed by atoms with E-state index >= 15 is 0 Å². The predicted molar refractivity (Wildman–Crippen MR) is 106 cm³/mol. The van der Waals surface area contributed by atoms with Gasteiger partial charge in [-0.1, -0.05) is 32.9 Å². The van der Waals surface area contributed by atoms with Gasteiger partial charge in [-0.15, -0.1) is 0 Å². The molecule has 0 aliphatic carbocycles. The highest BCUT2D eigenvalue weighted by atomic mass is 19.3. The molecule has 31 heavy (non-hydrogen) atoms. The van der Waals surface area contributed by atoms with E-state index in [0.717, 1.165) is 0 Å². The molecule has 170 valence electrons. The number of ether oxygens (including phenoxy) is 2. The minimum absolute atomic E-state index is 0.0130. The van der Waals surface area contributed by atoms with Gasteiger partial charge in [0.25, 0.3) is 5.91 Å². The van der Waals surface area contributed by atoms with Crippen LogP contribution in [0.25, 0.3) is 0 Å². The van der Waals surface area contributed by atoms with E-state index in [-0.39, 0.29) is 23.7 Å². The van der Waals surface area contributed by atoms with Crippen molar-refractivity contribution in [1.29, 1.82) is 0 Å². The van der Waals surface area contributed by atoms with E-state index in [2.05, 4.69) is 5.32 Å². The number of halogens is 2. The van der Waals surface area contributed by atoms with Gasteiger partial charge in [-0.25, -0.2) is 4.79 Å². The summed E-state index contributed by atoms with van der Waals surface area (Å²) < 4.78 is 42.3. The number of nitrogens with one attached hydrogen (secondary N) is 1. The molecule has 1 heterocycles. The Morgan fingerprint density at radius 3 is 2.55 bits per heavy atom. The van der Waals surface area contributed by atoms with Crippen LogP contribution in [0.5, 0.6) is 5.75 Å². The maximum Gasteiger partial charge on any atom is 0.547 e. The van der Waals surface area contributed by atoms with E-state index in [4.69, 9.17) is 14.1 Å². The summed E-state index contributed by atoms with van der Waals surface area (Å²) in [5, 5.41) is 12.3. The predicted octanol–water partition coefficient (Wildman–Crippen LogP) is 2.26. The first-order valence-electron chi connectivity index (χ1n) is 10.1. The summed E-state index contributed by atoms with van der Waals surface area (Å²) in [6.45, 7) is 4.28. The molecule has 1 aliphatic rings. The van der Waals surface area contributed by atoms with Gasteiger partial charge in [-0.2, -0.15) is 8.78 Å². The maximum absolute atomic E-state index is 13.5. The van der Waals surface area contributed by atoms with Gasteiger partial charge in [0.2, 0.25) is 6.79 Å². The highest BCUT2D eigenvalue weighted by Gasteiger charge is 2.43. The lowest BCUT2D eigenvalue weighted by Crippen LogP contribution is -2.56. The largest absolute Gasteiger partial charge is 0.547 e. The third-order valence-corrected chi connectivity index (χ3v) is 5.14. The van der Waals surface area contributed by atoms with Crippen LogP contribution in [0.3, 0.4) is 0 Å². The Morgan fingerprint density at radius 2 is 1.94 bits per heavy atom. The summed E-state index contributed by atoms with van der Waals surface area (Å²) in [5.74, 6) is -7.79. The van der Waals surface area contributed by atoms with Gasteiger partial charge in [0, 0.05) is 6.42 Å². The van der Waals surface area contributed by atoms with E-state index in [9.17, 15) is 28.2 Å². The molecule has 0 spiro atoms. The van der Waals surface area contributed by atoms with Crippen LogP contribution < -0.4 is 9.97 Å². The third-order valence-electron chi connectivity index (χ3n) is 5.14. The Hall–Kier alpha value is -2.69. The van der Waals surface area contributed by atoms with Gasteiger partial charge in [-0.05, 0) is 30.9 Å². The molecule has 1 atom stereocenters. The number of hydrogen-bond acceptors (Lipinski definition) is 7. The van der Waals surface area contributed by atoms with Gasteiger partial charge >= 0.3 is 25.0 Å². The Balaban J connectivity index is 2.05. The second-order valence-corrected chi connectivity index (χ2v) is 7.17. The second kappa shape index (κ2) is 10.6. The molecule has 2 N–H and O–H groups in total. The second-order valence-electron chi connectivity index (χ2n) is 7.17. The lowest BCUT2D eigenvalue weighted by atomic mass is 9.72.